The molecule has 1 N–H and O–H groups in total. The summed E-state index contributed by atoms with van der Waals surface area (Å²) in [6.45, 7) is 1.82. The topological polar surface area (TPSA) is 82.7 Å². The minimum absolute atomic E-state index is 0.0216. The molecule has 4 rings (SSSR count). The van der Waals surface area contributed by atoms with E-state index in [1.54, 1.807) is 6.26 Å². The predicted octanol–water partition coefficient (Wildman–Crippen LogP) is 1.62. The third-order valence-electron chi connectivity index (χ3n) is 4.54. The first-order valence-corrected chi connectivity index (χ1v) is 8.69. The Morgan fingerprint density at radius 2 is 2.29 bits per heavy atom. The first-order valence-electron chi connectivity index (χ1n) is 8.69. The largest absolute Gasteiger partial charge is 0.496 e. The van der Waals surface area contributed by atoms with Gasteiger partial charge in [0.15, 0.2) is 5.82 Å². The molecule has 0 bridgehead atoms. The normalized spacial score (nSPS) is 21.6. The molecule has 2 atom stereocenters. The lowest BCUT2D eigenvalue weighted by atomic mass is 10.0. The summed E-state index contributed by atoms with van der Waals surface area (Å²) in [6.07, 6.45) is 14.9. The molecular weight excluding hydrogens is 306 g/mol. The molecule has 1 saturated carbocycles. The van der Waals surface area contributed by atoms with Crippen LogP contribution in [-0.2, 0) is 11.3 Å². The summed E-state index contributed by atoms with van der Waals surface area (Å²) in [4.78, 5) is 4.07. The van der Waals surface area contributed by atoms with Crippen molar-refractivity contribution in [1.29, 1.82) is 0 Å². The standard InChI is InChI=1S/C16H23N7O/c1-2-11-24-14(4-1)15(16-19-20-21-23(16)13-5-6-13)18-7-3-9-22-10-8-17-12-22/h2,8,10-15,18H,1,3-7,9H2. The monoisotopic (exact) mass is 329 g/mol. The molecule has 128 valence electrons. The van der Waals surface area contributed by atoms with Crippen molar-refractivity contribution >= 4 is 0 Å². The summed E-state index contributed by atoms with van der Waals surface area (Å²) in [5.74, 6) is 0.903. The Balaban J connectivity index is 1.41. The van der Waals surface area contributed by atoms with Gasteiger partial charge in [-0.1, -0.05) is 0 Å². The maximum absolute atomic E-state index is 5.85. The summed E-state index contributed by atoms with van der Waals surface area (Å²) < 4.78 is 9.92. The van der Waals surface area contributed by atoms with Crippen molar-refractivity contribution in [1.82, 2.24) is 35.1 Å². The Morgan fingerprint density at radius 3 is 3.04 bits per heavy atom. The van der Waals surface area contributed by atoms with Gasteiger partial charge in [0.2, 0.25) is 0 Å². The van der Waals surface area contributed by atoms with E-state index < -0.39 is 0 Å². The zero-order valence-corrected chi connectivity index (χ0v) is 13.7. The van der Waals surface area contributed by atoms with E-state index in [1.807, 2.05) is 23.4 Å². The van der Waals surface area contributed by atoms with Gasteiger partial charge in [0.05, 0.1) is 18.6 Å². The lowest BCUT2D eigenvalue weighted by Gasteiger charge is -2.28. The maximum Gasteiger partial charge on any atom is 0.172 e. The number of imidazole rings is 1. The lowest BCUT2D eigenvalue weighted by Crippen LogP contribution is -2.37. The molecule has 1 aliphatic carbocycles. The van der Waals surface area contributed by atoms with Gasteiger partial charge < -0.3 is 14.6 Å². The van der Waals surface area contributed by atoms with E-state index in [9.17, 15) is 0 Å². The number of rotatable bonds is 8. The molecule has 2 aromatic heterocycles. The van der Waals surface area contributed by atoms with Gasteiger partial charge >= 0.3 is 0 Å². The summed E-state index contributed by atoms with van der Waals surface area (Å²) in [6, 6.07) is 0.484. The second-order valence-corrected chi connectivity index (χ2v) is 6.42. The number of hydrogen-bond donors (Lipinski definition) is 1. The Morgan fingerprint density at radius 1 is 1.33 bits per heavy atom. The van der Waals surface area contributed by atoms with Gasteiger partial charge in [-0.3, -0.25) is 0 Å². The number of tetrazole rings is 1. The first-order chi connectivity index (χ1) is 11.9. The number of hydrogen-bond acceptors (Lipinski definition) is 6. The molecular formula is C16H23N7O. The summed E-state index contributed by atoms with van der Waals surface area (Å²) >= 11 is 0. The van der Waals surface area contributed by atoms with Gasteiger partial charge in [-0.25, -0.2) is 9.67 Å². The van der Waals surface area contributed by atoms with Crippen molar-refractivity contribution in [3.05, 3.63) is 36.9 Å². The van der Waals surface area contributed by atoms with E-state index in [0.29, 0.717) is 6.04 Å². The van der Waals surface area contributed by atoms with Crippen molar-refractivity contribution in [3.63, 3.8) is 0 Å². The van der Waals surface area contributed by atoms with Crippen LogP contribution in [0.5, 0.6) is 0 Å². The quantitative estimate of drug-likeness (QED) is 0.741. The van der Waals surface area contributed by atoms with Crippen LogP contribution in [0, 0.1) is 0 Å². The summed E-state index contributed by atoms with van der Waals surface area (Å²) in [5.41, 5.74) is 0. The molecule has 8 nitrogen and oxygen atoms in total. The molecule has 24 heavy (non-hydrogen) atoms. The van der Waals surface area contributed by atoms with Crippen LogP contribution in [-0.4, -0.2) is 42.4 Å². The minimum Gasteiger partial charge on any atom is -0.496 e. The highest BCUT2D eigenvalue weighted by Gasteiger charge is 2.34. The lowest BCUT2D eigenvalue weighted by molar-refractivity contribution is 0.0802. The van der Waals surface area contributed by atoms with Crippen molar-refractivity contribution < 1.29 is 4.74 Å². The third-order valence-corrected chi connectivity index (χ3v) is 4.54. The van der Waals surface area contributed by atoms with E-state index in [4.69, 9.17) is 4.74 Å². The predicted molar refractivity (Wildman–Crippen MR) is 86.9 cm³/mol. The second kappa shape index (κ2) is 7.12. The van der Waals surface area contributed by atoms with Crippen LogP contribution in [0.25, 0.3) is 0 Å². The van der Waals surface area contributed by atoms with E-state index in [0.717, 1.165) is 51.0 Å². The third kappa shape index (κ3) is 3.48. The molecule has 0 saturated heterocycles. The number of nitrogens with one attached hydrogen (secondary N) is 1. The molecule has 0 amide bonds. The molecule has 2 unspecified atom stereocenters. The van der Waals surface area contributed by atoms with Crippen LogP contribution in [0.15, 0.2) is 31.1 Å². The van der Waals surface area contributed by atoms with Gasteiger partial charge in [-0.2, -0.15) is 0 Å². The Hall–Kier alpha value is -2.22. The molecule has 2 aromatic rings. The van der Waals surface area contributed by atoms with Crippen LogP contribution < -0.4 is 5.32 Å². The smallest absolute Gasteiger partial charge is 0.172 e. The minimum atomic E-state index is 0.0216. The van der Waals surface area contributed by atoms with E-state index >= 15 is 0 Å². The molecule has 8 heteroatoms. The zero-order chi connectivity index (χ0) is 16.2. The summed E-state index contributed by atoms with van der Waals surface area (Å²) in [5, 5.41) is 16.0. The molecule has 3 heterocycles. The maximum atomic E-state index is 5.85. The Bertz CT molecular complexity index is 662. The average Bonchev–Trinajstić information content (AvgIpc) is 3.12. The van der Waals surface area contributed by atoms with E-state index in [1.165, 1.54) is 0 Å². The highest BCUT2D eigenvalue weighted by Crippen LogP contribution is 2.36. The fourth-order valence-corrected chi connectivity index (χ4v) is 3.11. The van der Waals surface area contributed by atoms with Crippen molar-refractivity contribution in [3.8, 4) is 0 Å². The molecule has 1 fully saturated rings. The summed E-state index contributed by atoms with van der Waals surface area (Å²) in [7, 11) is 0. The van der Waals surface area contributed by atoms with Crippen LogP contribution in [0.2, 0.25) is 0 Å². The van der Waals surface area contributed by atoms with E-state index in [-0.39, 0.29) is 12.1 Å². The number of aromatic nitrogens is 6. The number of ether oxygens (including phenoxy) is 1. The average molecular weight is 329 g/mol. The Kier molecular flexibility index (Phi) is 4.55. The number of nitrogens with zero attached hydrogens (tertiary/aromatic N) is 6. The first kappa shape index (κ1) is 15.3. The Labute approximate surface area is 140 Å². The fourth-order valence-electron chi connectivity index (χ4n) is 3.11. The van der Waals surface area contributed by atoms with Crippen LogP contribution >= 0.6 is 0 Å². The number of allylic oxidation sites excluding steroid dienone is 1. The van der Waals surface area contributed by atoms with Crippen molar-refractivity contribution in [2.24, 2.45) is 0 Å². The van der Waals surface area contributed by atoms with Gasteiger partial charge in [-0.15, -0.1) is 5.10 Å². The highest BCUT2D eigenvalue weighted by molar-refractivity contribution is 5.02. The fraction of sp³-hybridized carbons (Fsp3) is 0.625. The molecule has 2 aliphatic rings. The highest BCUT2D eigenvalue weighted by atomic mass is 16.5. The molecule has 0 spiro atoms. The molecule has 1 aliphatic heterocycles. The zero-order valence-electron chi connectivity index (χ0n) is 13.7. The second-order valence-electron chi connectivity index (χ2n) is 6.42. The van der Waals surface area contributed by atoms with Gasteiger partial charge in [0, 0.05) is 18.9 Å². The van der Waals surface area contributed by atoms with Crippen LogP contribution in [0.1, 0.15) is 50.0 Å². The van der Waals surface area contributed by atoms with Crippen LogP contribution in [0.4, 0.5) is 0 Å². The number of aryl methyl sites for hydroxylation is 1. The van der Waals surface area contributed by atoms with Crippen LogP contribution in [0.3, 0.4) is 0 Å². The SMILES string of the molecule is C1=COC(C(NCCCn2ccnc2)c2nnnn2C2CC2)CC1. The van der Waals surface area contributed by atoms with Gasteiger partial charge in [-0.05, 0) is 55.2 Å². The van der Waals surface area contributed by atoms with Gasteiger partial charge in [0.25, 0.3) is 0 Å². The molecule has 0 radical (unpaired) electrons. The van der Waals surface area contributed by atoms with Crippen molar-refractivity contribution in [2.75, 3.05) is 6.54 Å². The van der Waals surface area contributed by atoms with Crippen molar-refractivity contribution in [2.45, 2.75) is 56.8 Å². The van der Waals surface area contributed by atoms with E-state index in [2.05, 4.69) is 36.5 Å². The molecule has 0 aromatic carbocycles. The van der Waals surface area contributed by atoms with Gasteiger partial charge in [0.1, 0.15) is 12.1 Å².